The number of nitrogens with zero attached hydrogens (tertiary/aromatic N) is 1. The Morgan fingerprint density at radius 1 is 1.64 bits per heavy atom. The largest absolute Gasteiger partial charge is 0.468 e. The lowest BCUT2D eigenvalue weighted by atomic mass is 10.0. The second-order valence-corrected chi connectivity index (χ2v) is 3.77. The molecule has 0 aromatic carbocycles. The van der Waals surface area contributed by atoms with Crippen LogP contribution in [-0.4, -0.2) is 48.3 Å². The molecule has 1 aliphatic rings. The van der Waals surface area contributed by atoms with E-state index in [0.29, 0.717) is 0 Å². The first-order valence-corrected chi connectivity index (χ1v) is 5.15. The molecular formula is C10H19NO3. The number of rotatable bonds is 3. The van der Waals surface area contributed by atoms with Crippen LogP contribution in [0.5, 0.6) is 0 Å². The van der Waals surface area contributed by atoms with Crippen molar-refractivity contribution < 1.29 is 14.6 Å². The predicted octanol–water partition coefficient (Wildman–Crippen LogP) is 0.395. The van der Waals surface area contributed by atoms with Gasteiger partial charge in [0, 0.05) is 6.04 Å². The summed E-state index contributed by atoms with van der Waals surface area (Å²) in [6.07, 6.45) is 3.20. The summed E-state index contributed by atoms with van der Waals surface area (Å²) in [4.78, 5) is 13.4. The summed E-state index contributed by atoms with van der Waals surface area (Å²) in [6, 6.07) is -0.115. The molecule has 0 aliphatic carbocycles. The highest BCUT2D eigenvalue weighted by Gasteiger charge is 2.30. The van der Waals surface area contributed by atoms with Crippen molar-refractivity contribution in [2.75, 3.05) is 20.3 Å². The van der Waals surface area contributed by atoms with Crippen LogP contribution >= 0.6 is 0 Å². The number of methoxy groups -OCH3 is 1. The minimum Gasteiger partial charge on any atom is -0.468 e. The van der Waals surface area contributed by atoms with E-state index in [1.165, 1.54) is 7.11 Å². The zero-order chi connectivity index (χ0) is 10.6. The molecule has 0 spiro atoms. The van der Waals surface area contributed by atoms with Crippen LogP contribution in [-0.2, 0) is 9.53 Å². The van der Waals surface area contributed by atoms with Crippen molar-refractivity contribution in [1.82, 2.24) is 4.90 Å². The first-order valence-electron chi connectivity index (χ1n) is 5.15. The summed E-state index contributed by atoms with van der Waals surface area (Å²) in [7, 11) is 1.40. The molecule has 0 amide bonds. The van der Waals surface area contributed by atoms with Gasteiger partial charge < -0.3 is 9.84 Å². The Morgan fingerprint density at radius 3 is 2.93 bits per heavy atom. The Morgan fingerprint density at radius 2 is 2.36 bits per heavy atom. The van der Waals surface area contributed by atoms with Crippen molar-refractivity contribution in [2.45, 2.75) is 38.3 Å². The molecule has 82 valence electrons. The lowest BCUT2D eigenvalue weighted by Crippen LogP contribution is -2.50. The first-order chi connectivity index (χ1) is 6.70. The van der Waals surface area contributed by atoms with Gasteiger partial charge in [0.25, 0.3) is 0 Å². The predicted molar refractivity (Wildman–Crippen MR) is 52.9 cm³/mol. The molecule has 0 aromatic rings. The maximum atomic E-state index is 11.3. The molecule has 1 heterocycles. The lowest BCUT2D eigenvalue weighted by Gasteiger charge is -2.37. The molecule has 2 atom stereocenters. The Hall–Kier alpha value is -0.610. The van der Waals surface area contributed by atoms with E-state index in [1.807, 2.05) is 11.8 Å². The number of carbonyl (C=O) groups excluding carboxylic acids is 1. The maximum absolute atomic E-state index is 11.3. The molecule has 14 heavy (non-hydrogen) atoms. The lowest BCUT2D eigenvalue weighted by molar-refractivity contribution is -0.148. The number of likely N-dealkylation sites (tertiary alicyclic amines) is 1. The van der Waals surface area contributed by atoms with Crippen molar-refractivity contribution >= 4 is 5.97 Å². The van der Waals surface area contributed by atoms with E-state index in [2.05, 4.69) is 0 Å². The fourth-order valence-corrected chi connectivity index (χ4v) is 2.03. The fraction of sp³-hybridized carbons (Fsp3) is 0.900. The fourth-order valence-electron chi connectivity index (χ4n) is 2.03. The maximum Gasteiger partial charge on any atom is 0.322 e. The van der Waals surface area contributed by atoms with Gasteiger partial charge in [-0.25, -0.2) is 0 Å². The number of aliphatic hydroxyl groups is 1. The van der Waals surface area contributed by atoms with Crippen molar-refractivity contribution in [1.29, 1.82) is 0 Å². The van der Waals surface area contributed by atoms with Crippen LogP contribution in [0.1, 0.15) is 26.2 Å². The van der Waals surface area contributed by atoms with Crippen molar-refractivity contribution in [3.63, 3.8) is 0 Å². The van der Waals surface area contributed by atoms with E-state index in [0.717, 1.165) is 25.8 Å². The molecule has 1 N–H and O–H groups in total. The van der Waals surface area contributed by atoms with Crippen molar-refractivity contribution in [2.24, 2.45) is 0 Å². The Kier molecular flexibility index (Phi) is 4.35. The van der Waals surface area contributed by atoms with Gasteiger partial charge >= 0.3 is 5.97 Å². The number of hydrogen-bond acceptors (Lipinski definition) is 4. The average molecular weight is 201 g/mol. The van der Waals surface area contributed by atoms with Gasteiger partial charge in [-0.15, -0.1) is 0 Å². The molecule has 0 radical (unpaired) electrons. The van der Waals surface area contributed by atoms with Gasteiger partial charge in [-0.1, -0.05) is 6.42 Å². The Balaban J connectivity index is 2.58. The van der Waals surface area contributed by atoms with Crippen LogP contribution in [0, 0.1) is 0 Å². The number of ether oxygens (including phenoxy) is 1. The molecule has 4 heteroatoms. The van der Waals surface area contributed by atoms with E-state index < -0.39 is 0 Å². The molecule has 0 saturated carbocycles. The molecule has 1 fully saturated rings. The summed E-state index contributed by atoms with van der Waals surface area (Å²) in [6.45, 7) is 2.84. The van der Waals surface area contributed by atoms with E-state index in [4.69, 9.17) is 4.74 Å². The third-order valence-electron chi connectivity index (χ3n) is 2.92. The third-order valence-corrected chi connectivity index (χ3v) is 2.92. The number of hydrogen-bond donors (Lipinski definition) is 1. The minimum atomic E-state index is -0.238. The van der Waals surface area contributed by atoms with Crippen LogP contribution in [0.25, 0.3) is 0 Å². The molecule has 0 bridgehead atoms. The number of esters is 1. The second-order valence-electron chi connectivity index (χ2n) is 3.77. The Bertz CT molecular complexity index is 196. The van der Waals surface area contributed by atoms with Gasteiger partial charge in [-0.05, 0) is 26.3 Å². The van der Waals surface area contributed by atoms with Gasteiger partial charge in [0.15, 0.2) is 0 Å². The Labute approximate surface area is 84.8 Å². The topological polar surface area (TPSA) is 49.8 Å². The van der Waals surface area contributed by atoms with Gasteiger partial charge in [0.2, 0.25) is 0 Å². The van der Waals surface area contributed by atoms with E-state index in [9.17, 15) is 9.90 Å². The standard InChI is InChI=1S/C10H19NO3/c1-8(10(13)14-2)11-6-4-3-5-9(11)7-12/h8-9,12H,3-7H2,1-2H3. The molecule has 2 unspecified atom stereocenters. The van der Waals surface area contributed by atoms with Gasteiger partial charge in [-0.3, -0.25) is 9.69 Å². The summed E-state index contributed by atoms with van der Waals surface area (Å²) >= 11 is 0. The van der Waals surface area contributed by atoms with Gasteiger partial charge in [-0.2, -0.15) is 0 Å². The van der Waals surface area contributed by atoms with E-state index in [-0.39, 0.29) is 24.7 Å². The third kappa shape index (κ3) is 2.45. The molecule has 1 aliphatic heterocycles. The second kappa shape index (κ2) is 5.32. The molecule has 4 nitrogen and oxygen atoms in total. The SMILES string of the molecule is COC(=O)C(C)N1CCCCC1CO. The van der Waals surface area contributed by atoms with Crippen molar-refractivity contribution in [3.05, 3.63) is 0 Å². The van der Waals surface area contributed by atoms with Gasteiger partial charge in [0.1, 0.15) is 6.04 Å². The highest BCUT2D eigenvalue weighted by Crippen LogP contribution is 2.19. The summed E-state index contributed by atoms with van der Waals surface area (Å²) < 4.78 is 4.70. The highest BCUT2D eigenvalue weighted by atomic mass is 16.5. The number of aliphatic hydroxyl groups excluding tert-OH is 1. The van der Waals surface area contributed by atoms with Crippen LogP contribution in [0.2, 0.25) is 0 Å². The zero-order valence-corrected chi connectivity index (χ0v) is 8.90. The monoisotopic (exact) mass is 201 g/mol. The van der Waals surface area contributed by atoms with E-state index in [1.54, 1.807) is 0 Å². The highest BCUT2D eigenvalue weighted by molar-refractivity contribution is 5.75. The smallest absolute Gasteiger partial charge is 0.322 e. The van der Waals surface area contributed by atoms with Crippen LogP contribution in [0.15, 0.2) is 0 Å². The van der Waals surface area contributed by atoms with E-state index >= 15 is 0 Å². The van der Waals surface area contributed by atoms with Gasteiger partial charge in [0.05, 0.1) is 13.7 Å². The van der Waals surface area contributed by atoms with Crippen LogP contribution < -0.4 is 0 Å². The number of carbonyl (C=O) groups is 1. The van der Waals surface area contributed by atoms with Crippen molar-refractivity contribution in [3.8, 4) is 0 Å². The van der Waals surface area contributed by atoms with Crippen LogP contribution in [0.4, 0.5) is 0 Å². The molecule has 1 saturated heterocycles. The summed E-state index contributed by atoms with van der Waals surface area (Å²) in [5, 5.41) is 9.17. The number of piperidine rings is 1. The molecule has 0 aromatic heterocycles. The first kappa shape index (κ1) is 11.5. The summed E-state index contributed by atoms with van der Waals surface area (Å²) in [5.74, 6) is -0.217. The molecular weight excluding hydrogens is 182 g/mol. The normalized spacial score (nSPS) is 25.8. The minimum absolute atomic E-state index is 0.123. The average Bonchev–Trinajstić information content (AvgIpc) is 2.26. The summed E-state index contributed by atoms with van der Waals surface area (Å²) in [5.41, 5.74) is 0. The quantitative estimate of drug-likeness (QED) is 0.671. The molecule has 1 rings (SSSR count). The van der Waals surface area contributed by atoms with Crippen LogP contribution in [0.3, 0.4) is 0 Å². The zero-order valence-electron chi connectivity index (χ0n) is 8.90.